The van der Waals surface area contributed by atoms with E-state index < -0.39 is 11.9 Å². The van der Waals surface area contributed by atoms with Gasteiger partial charge in [0, 0.05) is 11.5 Å². The van der Waals surface area contributed by atoms with Crippen LogP contribution in [0.4, 0.5) is 0 Å². The lowest BCUT2D eigenvalue weighted by Gasteiger charge is -2.11. The highest BCUT2D eigenvalue weighted by Crippen LogP contribution is 1.83. The molecule has 0 heterocycles. The number of carbonyl (C=O) groups excluding carboxylic acids is 1. The fraction of sp³-hybridized carbons (Fsp3) is 0.833. The van der Waals surface area contributed by atoms with Gasteiger partial charge in [0.05, 0.1) is 6.61 Å². The van der Waals surface area contributed by atoms with Crippen LogP contribution in [0, 0.1) is 0 Å². The molecular weight excluding hydrogens is 174 g/mol. The van der Waals surface area contributed by atoms with Crippen LogP contribution in [-0.2, 0) is 4.79 Å². The lowest BCUT2D eigenvalue weighted by molar-refractivity contribution is -0.120. The first-order valence-corrected chi connectivity index (χ1v) is 3.86. The van der Waals surface area contributed by atoms with Gasteiger partial charge in [-0.3, -0.25) is 4.79 Å². The molecule has 0 aliphatic heterocycles. The number of aliphatic hydroxyl groups excluding tert-OH is 1. The maximum Gasteiger partial charge on any atom is 0.236 e. The van der Waals surface area contributed by atoms with Crippen LogP contribution in [0.5, 0.6) is 0 Å². The van der Waals surface area contributed by atoms with Gasteiger partial charge in [-0.2, -0.15) is 0 Å². The van der Waals surface area contributed by atoms with Crippen molar-refractivity contribution >= 4 is 5.91 Å². The highest BCUT2D eigenvalue weighted by atomic mass is 16.3. The van der Waals surface area contributed by atoms with E-state index in [1.165, 1.54) is 0 Å². The normalized spacial score (nSPS) is 11.8. The van der Waals surface area contributed by atoms with Crippen molar-refractivity contribution in [1.29, 1.82) is 0 Å². The second-order valence-electron chi connectivity index (χ2n) is 2.40. The number of nitrogens with one attached hydrogen (secondary N) is 1. The average molecular weight is 187 g/mol. The number of amides is 1. The van der Waals surface area contributed by atoms with Crippen LogP contribution in [0.3, 0.4) is 0 Å². The summed E-state index contributed by atoms with van der Waals surface area (Å²) in [5.74, 6) is -0.591. The average Bonchev–Trinajstić information content (AvgIpc) is 2.10. The molecule has 0 radical (unpaired) electrons. The molecule has 0 spiro atoms. The molecule has 0 saturated carbocycles. The first-order valence-electron chi connectivity index (χ1n) is 3.86. The predicted octanol–water partition coefficient (Wildman–Crippen LogP) is -0.877. The van der Waals surface area contributed by atoms with Crippen LogP contribution >= 0.6 is 0 Å². The minimum Gasteiger partial charge on any atom is -0.394 e. The molecule has 0 saturated heterocycles. The second kappa shape index (κ2) is 7.35. The third-order valence-corrected chi connectivity index (χ3v) is 1.41. The van der Waals surface area contributed by atoms with Crippen LogP contribution in [-0.4, -0.2) is 36.8 Å². The number of azide groups is 1. The lowest BCUT2D eigenvalue weighted by atomic mass is 10.3. The Morgan fingerprint density at radius 1 is 1.77 bits per heavy atom. The van der Waals surface area contributed by atoms with E-state index in [2.05, 4.69) is 15.3 Å². The van der Waals surface area contributed by atoms with Crippen LogP contribution in [0.2, 0.25) is 0 Å². The molecule has 0 bridgehead atoms. The largest absolute Gasteiger partial charge is 0.394 e. The Kier molecular flexibility index (Phi) is 6.62. The van der Waals surface area contributed by atoms with Gasteiger partial charge in [-0.1, -0.05) is 5.11 Å². The van der Waals surface area contributed by atoms with Crippen molar-refractivity contribution in [3.63, 3.8) is 0 Å². The van der Waals surface area contributed by atoms with Gasteiger partial charge in [-0.25, -0.2) is 0 Å². The minimum atomic E-state index is -0.717. The van der Waals surface area contributed by atoms with Gasteiger partial charge in [0.1, 0.15) is 6.04 Å². The summed E-state index contributed by atoms with van der Waals surface area (Å²) in [6.07, 6.45) is 0.605. The van der Waals surface area contributed by atoms with Crippen molar-refractivity contribution in [2.75, 3.05) is 19.7 Å². The number of carbonyl (C=O) groups is 1. The Labute approximate surface area is 75.5 Å². The molecule has 0 aromatic rings. The molecule has 7 heteroatoms. The number of nitrogens with two attached hydrogens (primary N) is 1. The van der Waals surface area contributed by atoms with Gasteiger partial charge < -0.3 is 16.2 Å². The quantitative estimate of drug-likeness (QED) is 0.207. The molecule has 13 heavy (non-hydrogen) atoms. The van der Waals surface area contributed by atoms with Crippen molar-refractivity contribution in [3.8, 4) is 0 Å². The summed E-state index contributed by atoms with van der Waals surface area (Å²) < 4.78 is 0. The van der Waals surface area contributed by atoms with Crippen molar-refractivity contribution in [2.24, 2.45) is 10.8 Å². The highest BCUT2D eigenvalue weighted by molar-refractivity contribution is 5.79. The van der Waals surface area contributed by atoms with Crippen LogP contribution in [0.25, 0.3) is 10.4 Å². The van der Waals surface area contributed by atoms with Gasteiger partial charge >= 0.3 is 0 Å². The molecule has 0 aliphatic rings. The van der Waals surface area contributed by atoms with E-state index in [1.54, 1.807) is 0 Å². The molecule has 74 valence electrons. The third-order valence-electron chi connectivity index (χ3n) is 1.41. The summed E-state index contributed by atoms with van der Waals surface area (Å²) in [6, 6.07) is -0.717. The molecule has 4 N–H and O–H groups in total. The molecule has 1 unspecified atom stereocenters. The Morgan fingerprint density at radius 2 is 2.46 bits per heavy atom. The summed E-state index contributed by atoms with van der Waals surface area (Å²) in [7, 11) is 0. The topological polar surface area (TPSA) is 124 Å². The maximum absolute atomic E-state index is 10.6. The number of rotatable bonds is 7. The molecule has 0 aromatic heterocycles. The Balaban J connectivity index is 3.49. The van der Waals surface area contributed by atoms with E-state index in [1.807, 2.05) is 0 Å². The number of hydrogen-bond acceptors (Lipinski definition) is 4. The number of aliphatic hydroxyl groups is 1. The summed E-state index contributed by atoms with van der Waals surface area (Å²) >= 11 is 0. The van der Waals surface area contributed by atoms with Crippen LogP contribution in [0.15, 0.2) is 5.11 Å². The molecule has 0 rings (SSSR count). The fourth-order valence-electron chi connectivity index (χ4n) is 0.726. The van der Waals surface area contributed by atoms with E-state index in [9.17, 15) is 4.79 Å². The maximum atomic E-state index is 10.6. The predicted molar refractivity (Wildman–Crippen MR) is 46.7 cm³/mol. The van der Waals surface area contributed by atoms with E-state index in [0.717, 1.165) is 0 Å². The fourth-order valence-corrected chi connectivity index (χ4v) is 0.726. The summed E-state index contributed by atoms with van der Waals surface area (Å²) in [6.45, 7) is 0.518. The van der Waals surface area contributed by atoms with E-state index >= 15 is 0 Å². The van der Waals surface area contributed by atoms with Gasteiger partial charge in [-0.15, -0.1) is 0 Å². The van der Waals surface area contributed by atoms with Gasteiger partial charge in [0.2, 0.25) is 5.91 Å². The van der Waals surface area contributed by atoms with Crippen molar-refractivity contribution < 1.29 is 9.90 Å². The van der Waals surface area contributed by atoms with Crippen molar-refractivity contribution in [1.82, 2.24) is 5.32 Å². The molecule has 0 fully saturated rings. The highest BCUT2D eigenvalue weighted by Gasteiger charge is 2.11. The number of primary amides is 1. The van der Waals surface area contributed by atoms with Crippen LogP contribution < -0.4 is 11.1 Å². The first-order chi connectivity index (χ1) is 6.22. The molecular formula is C6H13N5O2. The molecule has 0 aromatic carbocycles. The van der Waals surface area contributed by atoms with E-state index in [-0.39, 0.29) is 6.61 Å². The van der Waals surface area contributed by atoms with Gasteiger partial charge in [-0.05, 0) is 18.5 Å². The third kappa shape index (κ3) is 5.92. The molecule has 0 aliphatic carbocycles. The number of nitrogens with zero attached hydrogens (tertiary/aromatic N) is 3. The Morgan fingerprint density at radius 3 is 2.92 bits per heavy atom. The lowest BCUT2D eigenvalue weighted by Crippen LogP contribution is -2.44. The van der Waals surface area contributed by atoms with Crippen LogP contribution in [0.1, 0.15) is 6.42 Å². The Bertz CT molecular complexity index is 201. The first kappa shape index (κ1) is 11.7. The second-order valence-corrected chi connectivity index (χ2v) is 2.40. The summed E-state index contributed by atoms with van der Waals surface area (Å²) in [5.41, 5.74) is 12.9. The van der Waals surface area contributed by atoms with E-state index in [4.69, 9.17) is 16.4 Å². The van der Waals surface area contributed by atoms with Gasteiger partial charge in [0.25, 0.3) is 0 Å². The summed E-state index contributed by atoms with van der Waals surface area (Å²) in [4.78, 5) is 13.1. The van der Waals surface area contributed by atoms with E-state index in [0.29, 0.717) is 19.5 Å². The van der Waals surface area contributed by atoms with Crippen molar-refractivity contribution in [2.45, 2.75) is 12.5 Å². The zero-order valence-corrected chi connectivity index (χ0v) is 7.18. The Hall–Kier alpha value is -1.30. The summed E-state index contributed by atoms with van der Waals surface area (Å²) in [5, 5.41) is 14.7. The minimum absolute atomic E-state index is 0.323. The standard InChI is InChI=1S/C6H13N5O2/c7-6(13)5(4-12)9-2-1-3-10-11-8/h5,9,12H,1-4H2,(H2,7,13). The van der Waals surface area contributed by atoms with Gasteiger partial charge in [0.15, 0.2) is 0 Å². The smallest absolute Gasteiger partial charge is 0.236 e. The zero-order valence-electron chi connectivity index (χ0n) is 7.18. The molecule has 1 atom stereocenters. The zero-order chi connectivity index (χ0) is 10.1. The number of hydrogen-bond donors (Lipinski definition) is 3. The van der Waals surface area contributed by atoms with Crippen molar-refractivity contribution in [3.05, 3.63) is 10.4 Å². The SMILES string of the molecule is [N-]=[N+]=NCCCNC(CO)C(N)=O. The monoisotopic (exact) mass is 187 g/mol. The molecule has 7 nitrogen and oxygen atoms in total. The molecule has 1 amide bonds.